The molecule has 0 spiro atoms. The Labute approximate surface area is 111 Å². The summed E-state index contributed by atoms with van der Waals surface area (Å²) in [5.41, 5.74) is 1.27. The number of carbonyl (C=O) groups excluding carboxylic acids is 1. The average molecular weight is 257 g/mol. The van der Waals surface area contributed by atoms with E-state index >= 15 is 0 Å². The number of hydrogen-bond donors (Lipinski definition) is 2. The van der Waals surface area contributed by atoms with Crippen LogP contribution in [0.15, 0.2) is 42.7 Å². The molecule has 2 amide bonds. The van der Waals surface area contributed by atoms with Crippen LogP contribution in [0.1, 0.15) is 0 Å². The second-order valence-corrected chi connectivity index (χ2v) is 4.11. The number of urea groups is 1. The minimum atomic E-state index is -0.326. The summed E-state index contributed by atoms with van der Waals surface area (Å²) >= 11 is 0. The summed E-state index contributed by atoms with van der Waals surface area (Å²) in [5, 5.41) is 5.37. The zero-order valence-electron chi connectivity index (χ0n) is 10.8. The van der Waals surface area contributed by atoms with Crippen LogP contribution in [-0.2, 0) is 0 Å². The van der Waals surface area contributed by atoms with E-state index < -0.39 is 0 Å². The van der Waals surface area contributed by atoms with E-state index in [2.05, 4.69) is 20.6 Å². The molecule has 6 nitrogen and oxygen atoms in total. The molecule has 0 aliphatic heterocycles. The van der Waals surface area contributed by atoms with Crippen LogP contribution in [0.5, 0.6) is 0 Å². The van der Waals surface area contributed by atoms with Gasteiger partial charge in [0, 0.05) is 19.8 Å². The predicted molar refractivity (Wildman–Crippen MR) is 75.4 cm³/mol. The summed E-state index contributed by atoms with van der Waals surface area (Å²) in [6.07, 6.45) is 3.12. The highest BCUT2D eigenvalue weighted by Crippen LogP contribution is 2.09. The van der Waals surface area contributed by atoms with E-state index in [0.29, 0.717) is 11.6 Å². The normalized spacial score (nSPS) is 9.79. The van der Waals surface area contributed by atoms with Gasteiger partial charge in [-0.15, -0.1) is 0 Å². The van der Waals surface area contributed by atoms with Gasteiger partial charge in [0.15, 0.2) is 0 Å². The molecule has 19 heavy (non-hydrogen) atoms. The standard InChI is InChI=1S/C13H15N5O/c1-18(2)12-14-8-11(9-15-12)17-13(19)16-10-6-4-3-5-7-10/h3-9H,1-2H3,(H2,16,17,19). The van der Waals surface area contributed by atoms with Crippen LogP contribution in [0.2, 0.25) is 0 Å². The molecule has 1 heterocycles. The Balaban J connectivity index is 1.95. The first kappa shape index (κ1) is 12.8. The Morgan fingerprint density at radius 2 is 1.58 bits per heavy atom. The van der Waals surface area contributed by atoms with Crippen molar-refractivity contribution in [1.29, 1.82) is 0 Å². The molecule has 0 unspecified atom stereocenters. The van der Waals surface area contributed by atoms with Crippen LogP contribution < -0.4 is 15.5 Å². The second kappa shape index (κ2) is 5.81. The molecule has 98 valence electrons. The Kier molecular flexibility index (Phi) is 3.92. The van der Waals surface area contributed by atoms with Crippen molar-refractivity contribution in [2.24, 2.45) is 0 Å². The van der Waals surface area contributed by atoms with Gasteiger partial charge in [-0.2, -0.15) is 0 Å². The molecule has 0 bridgehead atoms. The maximum absolute atomic E-state index is 11.7. The lowest BCUT2D eigenvalue weighted by Gasteiger charge is -2.10. The monoisotopic (exact) mass is 257 g/mol. The molecule has 0 atom stereocenters. The molecule has 2 rings (SSSR count). The van der Waals surface area contributed by atoms with Gasteiger partial charge in [-0.25, -0.2) is 14.8 Å². The van der Waals surface area contributed by atoms with Gasteiger partial charge in [0.2, 0.25) is 5.95 Å². The molecule has 6 heteroatoms. The first-order valence-electron chi connectivity index (χ1n) is 5.77. The predicted octanol–water partition coefficient (Wildman–Crippen LogP) is 2.19. The minimum Gasteiger partial charge on any atom is -0.347 e. The largest absolute Gasteiger partial charge is 0.347 e. The molecule has 0 saturated heterocycles. The van der Waals surface area contributed by atoms with E-state index in [1.807, 2.05) is 44.4 Å². The fourth-order valence-corrected chi connectivity index (χ4v) is 1.43. The van der Waals surface area contributed by atoms with Crippen LogP contribution in [0.4, 0.5) is 22.1 Å². The lowest BCUT2D eigenvalue weighted by Crippen LogP contribution is -2.20. The molecule has 0 aliphatic rings. The third-order valence-electron chi connectivity index (χ3n) is 2.33. The van der Waals surface area contributed by atoms with Crippen molar-refractivity contribution >= 4 is 23.4 Å². The lowest BCUT2D eigenvalue weighted by molar-refractivity contribution is 0.262. The summed E-state index contributed by atoms with van der Waals surface area (Å²) in [6, 6.07) is 8.88. The maximum atomic E-state index is 11.7. The Morgan fingerprint density at radius 1 is 1.00 bits per heavy atom. The van der Waals surface area contributed by atoms with Gasteiger partial charge < -0.3 is 15.5 Å². The highest BCUT2D eigenvalue weighted by Gasteiger charge is 2.04. The third-order valence-corrected chi connectivity index (χ3v) is 2.33. The summed E-state index contributed by atoms with van der Waals surface area (Å²) in [5.74, 6) is 0.592. The number of nitrogens with zero attached hydrogens (tertiary/aromatic N) is 3. The number of benzene rings is 1. The van der Waals surface area contributed by atoms with Crippen LogP contribution in [0.25, 0.3) is 0 Å². The molecule has 0 aliphatic carbocycles. The van der Waals surface area contributed by atoms with E-state index in [9.17, 15) is 4.79 Å². The fourth-order valence-electron chi connectivity index (χ4n) is 1.43. The van der Waals surface area contributed by atoms with Crippen molar-refractivity contribution in [3.63, 3.8) is 0 Å². The number of aromatic nitrogens is 2. The molecule has 0 radical (unpaired) electrons. The summed E-state index contributed by atoms with van der Waals surface area (Å²) in [6.45, 7) is 0. The zero-order valence-corrected chi connectivity index (χ0v) is 10.8. The van der Waals surface area contributed by atoms with Gasteiger partial charge in [-0.05, 0) is 12.1 Å². The van der Waals surface area contributed by atoms with E-state index in [4.69, 9.17) is 0 Å². The highest BCUT2D eigenvalue weighted by atomic mass is 16.2. The zero-order chi connectivity index (χ0) is 13.7. The van der Waals surface area contributed by atoms with E-state index in [1.54, 1.807) is 17.3 Å². The van der Waals surface area contributed by atoms with Gasteiger partial charge in [-0.3, -0.25) is 0 Å². The van der Waals surface area contributed by atoms with Crippen LogP contribution in [-0.4, -0.2) is 30.1 Å². The van der Waals surface area contributed by atoms with Crippen molar-refractivity contribution in [3.8, 4) is 0 Å². The smallest absolute Gasteiger partial charge is 0.323 e. The summed E-state index contributed by atoms with van der Waals surface area (Å²) < 4.78 is 0. The topological polar surface area (TPSA) is 70.2 Å². The fraction of sp³-hybridized carbons (Fsp3) is 0.154. The van der Waals surface area contributed by atoms with Crippen molar-refractivity contribution in [2.45, 2.75) is 0 Å². The summed E-state index contributed by atoms with van der Waals surface area (Å²) in [7, 11) is 3.70. The molecule has 1 aromatic carbocycles. The van der Waals surface area contributed by atoms with Crippen molar-refractivity contribution < 1.29 is 4.79 Å². The quantitative estimate of drug-likeness (QED) is 0.884. The van der Waals surface area contributed by atoms with Crippen molar-refractivity contribution in [1.82, 2.24) is 9.97 Å². The number of anilines is 3. The van der Waals surface area contributed by atoms with Gasteiger partial charge in [-0.1, -0.05) is 18.2 Å². The van der Waals surface area contributed by atoms with Gasteiger partial charge >= 0.3 is 6.03 Å². The van der Waals surface area contributed by atoms with Crippen molar-refractivity contribution in [3.05, 3.63) is 42.7 Å². The number of nitrogens with one attached hydrogen (secondary N) is 2. The van der Waals surface area contributed by atoms with Gasteiger partial charge in [0.25, 0.3) is 0 Å². The van der Waals surface area contributed by atoms with Crippen LogP contribution in [0, 0.1) is 0 Å². The number of carbonyl (C=O) groups is 1. The van der Waals surface area contributed by atoms with E-state index in [0.717, 1.165) is 5.69 Å². The highest BCUT2D eigenvalue weighted by molar-refractivity contribution is 5.99. The Morgan fingerprint density at radius 3 is 2.16 bits per heavy atom. The first-order chi connectivity index (χ1) is 9.15. The summed E-state index contributed by atoms with van der Waals surface area (Å²) in [4.78, 5) is 21.7. The minimum absolute atomic E-state index is 0.326. The molecule has 0 saturated carbocycles. The number of para-hydroxylation sites is 1. The van der Waals surface area contributed by atoms with Crippen LogP contribution in [0.3, 0.4) is 0 Å². The molecular formula is C13H15N5O. The lowest BCUT2D eigenvalue weighted by atomic mass is 10.3. The molecule has 2 aromatic rings. The van der Waals surface area contributed by atoms with Crippen molar-refractivity contribution in [2.75, 3.05) is 29.6 Å². The van der Waals surface area contributed by atoms with E-state index in [-0.39, 0.29) is 6.03 Å². The molecule has 2 N–H and O–H groups in total. The Hall–Kier alpha value is -2.63. The Bertz CT molecular complexity index is 539. The third kappa shape index (κ3) is 3.67. The first-order valence-corrected chi connectivity index (χ1v) is 5.77. The number of hydrogen-bond acceptors (Lipinski definition) is 4. The molecular weight excluding hydrogens is 242 g/mol. The molecule has 1 aromatic heterocycles. The van der Waals surface area contributed by atoms with Crippen LogP contribution >= 0.6 is 0 Å². The SMILES string of the molecule is CN(C)c1ncc(NC(=O)Nc2ccccc2)cn1. The average Bonchev–Trinajstić information content (AvgIpc) is 2.40. The number of rotatable bonds is 3. The molecule has 0 fully saturated rings. The van der Waals surface area contributed by atoms with Gasteiger partial charge in [0.1, 0.15) is 0 Å². The van der Waals surface area contributed by atoms with E-state index in [1.165, 1.54) is 0 Å². The second-order valence-electron chi connectivity index (χ2n) is 4.11. The van der Waals surface area contributed by atoms with Gasteiger partial charge in [0.05, 0.1) is 18.1 Å². The number of amides is 2. The maximum Gasteiger partial charge on any atom is 0.323 e.